The highest BCUT2D eigenvalue weighted by atomic mass is 31.2. The molecule has 0 atom stereocenters. The lowest BCUT2D eigenvalue weighted by atomic mass is 10.0. The van der Waals surface area contributed by atoms with E-state index in [4.69, 9.17) is 13.6 Å². The molecule has 0 N–H and O–H groups in total. The van der Waals surface area contributed by atoms with Crippen molar-refractivity contribution in [3.05, 3.63) is 0 Å². The first-order chi connectivity index (χ1) is 16.7. The zero-order valence-electron chi connectivity index (χ0n) is 24.7. The Hall–Kier alpha value is 0.110. The number of hydrogen-bond acceptors (Lipinski definition) is 4. The summed E-state index contributed by atoms with van der Waals surface area (Å²) in [6.07, 6.45) is 21.4. The molecule has 0 rings (SSSR count). The van der Waals surface area contributed by atoms with Crippen LogP contribution >= 0.6 is 7.82 Å². The molecule has 0 aliphatic heterocycles. The van der Waals surface area contributed by atoms with Gasteiger partial charge in [0, 0.05) is 0 Å². The molecule has 0 saturated heterocycles. The molecular formula is C30H63O4P. The Morgan fingerprint density at radius 3 is 0.886 bits per heavy atom. The van der Waals surface area contributed by atoms with Gasteiger partial charge in [0.15, 0.2) is 0 Å². The summed E-state index contributed by atoms with van der Waals surface area (Å²) in [5, 5.41) is 0. The van der Waals surface area contributed by atoms with E-state index in [2.05, 4.69) is 41.5 Å². The summed E-state index contributed by atoms with van der Waals surface area (Å²) < 4.78 is 30.4. The van der Waals surface area contributed by atoms with Crippen LogP contribution in [0.3, 0.4) is 0 Å². The monoisotopic (exact) mass is 518 g/mol. The third-order valence-electron chi connectivity index (χ3n) is 6.53. The number of rotatable bonds is 27. The van der Waals surface area contributed by atoms with Gasteiger partial charge in [-0.25, -0.2) is 4.57 Å². The number of hydrogen-bond donors (Lipinski definition) is 0. The van der Waals surface area contributed by atoms with Crippen molar-refractivity contribution < 1.29 is 18.1 Å². The number of phosphoric ester groups is 1. The van der Waals surface area contributed by atoms with Gasteiger partial charge in [-0.05, 0) is 37.0 Å². The fourth-order valence-electron chi connectivity index (χ4n) is 4.20. The molecule has 0 unspecified atom stereocenters. The minimum Gasteiger partial charge on any atom is -0.287 e. The lowest BCUT2D eigenvalue weighted by Crippen LogP contribution is -2.04. The van der Waals surface area contributed by atoms with Gasteiger partial charge in [-0.3, -0.25) is 13.6 Å². The van der Waals surface area contributed by atoms with Gasteiger partial charge in [-0.1, -0.05) is 138 Å². The van der Waals surface area contributed by atoms with Crippen LogP contribution in [-0.4, -0.2) is 19.8 Å². The Morgan fingerprint density at radius 2 is 0.629 bits per heavy atom. The quantitative estimate of drug-likeness (QED) is 0.0801. The highest BCUT2D eigenvalue weighted by Gasteiger charge is 2.26. The van der Waals surface area contributed by atoms with Gasteiger partial charge in [-0.2, -0.15) is 0 Å². The van der Waals surface area contributed by atoms with Crippen molar-refractivity contribution in [2.45, 2.75) is 157 Å². The molecule has 4 nitrogen and oxygen atoms in total. The molecule has 5 heteroatoms. The van der Waals surface area contributed by atoms with Crippen molar-refractivity contribution in [3.63, 3.8) is 0 Å². The van der Waals surface area contributed by atoms with E-state index in [0.717, 1.165) is 56.3 Å². The van der Waals surface area contributed by atoms with Gasteiger partial charge < -0.3 is 0 Å². The first kappa shape index (κ1) is 35.1. The molecule has 212 valence electrons. The molecule has 0 aliphatic carbocycles. The Bertz CT molecular complexity index is 412. The standard InChI is InChI=1S/C30H63O4P/c1-28(2)22-16-10-7-13-19-25-32-35(31,33-26-20-14-8-11-17-23-29(3)4)34-27-21-15-9-12-18-24-30(5)6/h28-30H,7-27H2,1-6H3. The van der Waals surface area contributed by atoms with Gasteiger partial charge in [0.05, 0.1) is 19.8 Å². The minimum absolute atomic E-state index is 0.464. The van der Waals surface area contributed by atoms with Crippen molar-refractivity contribution in [1.29, 1.82) is 0 Å². The van der Waals surface area contributed by atoms with Crippen LogP contribution in [0.2, 0.25) is 0 Å². The van der Waals surface area contributed by atoms with E-state index < -0.39 is 7.82 Å². The van der Waals surface area contributed by atoms with Crippen LogP contribution in [0.25, 0.3) is 0 Å². The van der Waals surface area contributed by atoms with Crippen LogP contribution in [0.15, 0.2) is 0 Å². The van der Waals surface area contributed by atoms with Crippen molar-refractivity contribution >= 4 is 7.82 Å². The van der Waals surface area contributed by atoms with E-state index in [0.29, 0.717) is 19.8 Å². The lowest BCUT2D eigenvalue weighted by molar-refractivity contribution is 0.108. The van der Waals surface area contributed by atoms with Crippen LogP contribution in [0.1, 0.15) is 157 Å². The molecule has 0 radical (unpaired) electrons. The van der Waals surface area contributed by atoms with Gasteiger partial charge in [0.2, 0.25) is 0 Å². The fraction of sp³-hybridized carbons (Fsp3) is 1.00. The molecule has 0 aromatic heterocycles. The van der Waals surface area contributed by atoms with Crippen LogP contribution in [-0.2, 0) is 18.1 Å². The predicted molar refractivity (Wildman–Crippen MR) is 153 cm³/mol. The maximum absolute atomic E-state index is 13.2. The molecule has 0 amide bonds. The second kappa shape index (κ2) is 24.4. The number of phosphoric acid groups is 1. The third kappa shape index (κ3) is 27.0. The number of unbranched alkanes of at least 4 members (excludes halogenated alkanes) is 12. The average Bonchev–Trinajstić information content (AvgIpc) is 2.78. The Balaban J connectivity index is 4.13. The molecule has 0 aromatic carbocycles. The summed E-state index contributed by atoms with van der Waals surface area (Å²) in [5.41, 5.74) is 0. The van der Waals surface area contributed by atoms with E-state index in [1.165, 1.54) is 77.0 Å². The van der Waals surface area contributed by atoms with Crippen LogP contribution in [0.5, 0.6) is 0 Å². The Labute approximate surface area is 220 Å². The topological polar surface area (TPSA) is 44.8 Å². The first-order valence-corrected chi connectivity index (χ1v) is 16.7. The zero-order chi connectivity index (χ0) is 26.2. The van der Waals surface area contributed by atoms with E-state index in [9.17, 15) is 4.57 Å². The molecule has 0 fully saturated rings. The second-order valence-corrected chi connectivity index (χ2v) is 13.5. The highest BCUT2D eigenvalue weighted by molar-refractivity contribution is 7.48. The molecule has 0 heterocycles. The summed E-state index contributed by atoms with van der Waals surface area (Å²) in [7, 11) is -3.44. The van der Waals surface area contributed by atoms with Crippen LogP contribution < -0.4 is 0 Å². The van der Waals surface area contributed by atoms with E-state index in [-0.39, 0.29) is 0 Å². The third-order valence-corrected chi connectivity index (χ3v) is 8.02. The first-order valence-electron chi connectivity index (χ1n) is 15.3. The highest BCUT2D eigenvalue weighted by Crippen LogP contribution is 2.50. The largest absolute Gasteiger partial charge is 0.474 e. The predicted octanol–water partition coefficient (Wildman–Crippen LogP) is 11.1. The summed E-state index contributed by atoms with van der Waals surface area (Å²) >= 11 is 0. The molecule has 0 aliphatic rings. The van der Waals surface area contributed by atoms with Crippen molar-refractivity contribution in [2.24, 2.45) is 17.8 Å². The van der Waals surface area contributed by atoms with Crippen LogP contribution in [0, 0.1) is 17.8 Å². The Kier molecular flexibility index (Phi) is 24.5. The molecule has 0 aromatic rings. The van der Waals surface area contributed by atoms with Gasteiger partial charge >= 0.3 is 7.82 Å². The summed E-state index contributed by atoms with van der Waals surface area (Å²) in [5.74, 6) is 2.37. The zero-order valence-corrected chi connectivity index (χ0v) is 25.6. The van der Waals surface area contributed by atoms with Gasteiger partial charge in [0.1, 0.15) is 0 Å². The van der Waals surface area contributed by atoms with Gasteiger partial charge in [0.25, 0.3) is 0 Å². The summed E-state index contributed by atoms with van der Waals surface area (Å²) in [6, 6.07) is 0. The molecule has 35 heavy (non-hydrogen) atoms. The maximum Gasteiger partial charge on any atom is 0.474 e. The molecule has 0 saturated carbocycles. The summed E-state index contributed by atoms with van der Waals surface area (Å²) in [4.78, 5) is 0. The second-order valence-electron chi connectivity index (χ2n) is 11.8. The minimum atomic E-state index is -3.44. The normalized spacial score (nSPS) is 12.5. The van der Waals surface area contributed by atoms with Crippen molar-refractivity contribution in [1.82, 2.24) is 0 Å². The van der Waals surface area contributed by atoms with E-state index in [1.54, 1.807) is 0 Å². The molecule has 0 spiro atoms. The molecule has 0 bridgehead atoms. The van der Waals surface area contributed by atoms with Crippen molar-refractivity contribution in [3.8, 4) is 0 Å². The van der Waals surface area contributed by atoms with Gasteiger partial charge in [-0.15, -0.1) is 0 Å². The Morgan fingerprint density at radius 1 is 0.400 bits per heavy atom. The van der Waals surface area contributed by atoms with Crippen molar-refractivity contribution in [2.75, 3.05) is 19.8 Å². The van der Waals surface area contributed by atoms with E-state index in [1.807, 2.05) is 0 Å². The maximum atomic E-state index is 13.2. The molecular weight excluding hydrogens is 455 g/mol. The fourth-order valence-corrected chi connectivity index (χ4v) is 5.48. The van der Waals surface area contributed by atoms with E-state index >= 15 is 0 Å². The van der Waals surface area contributed by atoms with Crippen LogP contribution in [0.4, 0.5) is 0 Å². The lowest BCUT2D eigenvalue weighted by Gasteiger charge is -2.18. The smallest absolute Gasteiger partial charge is 0.287 e. The SMILES string of the molecule is CC(C)CCCCCCCOP(=O)(OCCCCCCCC(C)C)OCCCCCCCC(C)C. The summed E-state index contributed by atoms with van der Waals surface area (Å²) in [6.45, 7) is 15.1. The average molecular weight is 519 g/mol.